The predicted molar refractivity (Wildman–Crippen MR) is 99.1 cm³/mol. The van der Waals surface area contributed by atoms with Crippen LogP contribution in [0.4, 0.5) is 0 Å². The lowest BCUT2D eigenvalue weighted by Crippen LogP contribution is -2.16. The summed E-state index contributed by atoms with van der Waals surface area (Å²) in [6, 6.07) is 12.8. The third-order valence-electron chi connectivity index (χ3n) is 3.23. The van der Waals surface area contributed by atoms with Gasteiger partial charge in [-0.3, -0.25) is 4.79 Å². The Morgan fingerprint density at radius 3 is 2.91 bits per heavy atom. The molecule has 0 spiro atoms. The standard InChI is InChI=1S/C17H12BrClN2OS/c1-2-8-21-14-7-6-13(19)10-15(14)23-17(21)20-16(22)11-4-3-5-12(18)9-11/h2-7,9-10H,1,8H2. The van der Waals surface area contributed by atoms with E-state index in [2.05, 4.69) is 27.5 Å². The summed E-state index contributed by atoms with van der Waals surface area (Å²) < 4.78 is 3.79. The molecule has 0 fully saturated rings. The first-order valence-corrected chi connectivity index (χ1v) is 8.81. The number of amides is 1. The Bertz CT molecular complexity index is 974. The van der Waals surface area contributed by atoms with Crippen molar-refractivity contribution in [1.82, 2.24) is 4.57 Å². The Balaban J connectivity index is 2.16. The van der Waals surface area contributed by atoms with E-state index in [0.717, 1.165) is 14.7 Å². The first kappa shape index (κ1) is 16.2. The van der Waals surface area contributed by atoms with Gasteiger partial charge in [0.05, 0.1) is 10.2 Å². The minimum atomic E-state index is -0.276. The molecule has 2 aromatic carbocycles. The normalized spacial score (nSPS) is 11.8. The van der Waals surface area contributed by atoms with Crippen LogP contribution in [0.25, 0.3) is 10.2 Å². The highest BCUT2D eigenvalue weighted by Gasteiger charge is 2.09. The average molecular weight is 408 g/mol. The van der Waals surface area contributed by atoms with Crippen molar-refractivity contribution < 1.29 is 4.79 Å². The monoisotopic (exact) mass is 406 g/mol. The molecule has 0 unspecified atom stereocenters. The van der Waals surface area contributed by atoms with E-state index in [1.807, 2.05) is 34.9 Å². The molecule has 0 radical (unpaired) electrons. The molecule has 0 saturated carbocycles. The van der Waals surface area contributed by atoms with E-state index < -0.39 is 0 Å². The number of benzene rings is 2. The number of nitrogens with zero attached hydrogens (tertiary/aromatic N) is 2. The molecule has 23 heavy (non-hydrogen) atoms. The van der Waals surface area contributed by atoms with Gasteiger partial charge in [0.15, 0.2) is 4.80 Å². The molecule has 1 heterocycles. The summed E-state index contributed by atoms with van der Waals surface area (Å²) in [5.41, 5.74) is 1.53. The highest BCUT2D eigenvalue weighted by molar-refractivity contribution is 9.10. The fraction of sp³-hybridized carbons (Fsp3) is 0.0588. The number of hydrogen-bond donors (Lipinski definition) is 0. The molecule has 0 N–H and O–H groups in total. The van der Waals surface area contributed by atoms with Crippen LogP contribution in [0, 0.1) is 0 Å². The van der Waals surface area contributed by atoms with Gasteiger partial charge >= 0.3 is 0 Å². The van der Waals surface area contributed by atoms with Gasteiger partial charge in [0.1, 0.15) is 0 Å². The molecular weight excluding hydrogens is 396 g/mol. The van der Waals surface area contributed by atoms with Crippen molar-refractivity contribution in [1.29, 1.82) is 0 Å². The Hall–Kier alpha value is -1.69. The van der Waals surface area contributed by atoms with Crippen LogP contribution in [0.5, 0.6) is 0 Å². The smallest absolute Gasteiger partial charge is 0.279 e. The lowest BCUT2D eigenvalue weighted by Gasteiger charge is -2.01. The van der Waals surface area contributed by atoms with E-state index in [-0.39, 0.29) is 5.91 Å². The number of fused-ring (bicyclic) bond motifs is 1. The van der Waals surface area contributed by atoms with Crippen molar-refractivity contribution >= 4 is 55.0 Å². The van der Waals surface area contributed by atoms with Crippen molar-refractivity contribution in [3.63, 3.8) is 0 Å². The van der Waals surface area contributed by atoms with Gasteiger partial charge in [0, 0.05) is 21.6 Å². The molecule has 0 atom stereocenters. The number of thiazole rings is 1. The van der Waals surface area contributed by atoms with E-state index in [4.69, 9.17) is 11.6 Å². The van der Waals surface area contributed by atoms with E-state index in [0.29, 0.717) is 21.9 Å². The number of carbonyl (C=O) groups is 1. The number of carbonyl (C=O) groups excluding carboxylic acids is 1. The van der Waals surface area contributed by atoms with E-state index in [1.165, 1.54) is 11.3 Å². The highest BCUT2D eigenvalue weighted by atomic mass is 79.9. The fourth-order valence-corrected chi connectivity index (χ4v) is 3.92. The van der Waals surface area contributed by atoms with Crippen LogP contribution in [0.2, 0.25) is 5.02 Å². The second kappa shape index (κ2) is 6.83. The molecule has 0 aliphatic carbocycles. The zero-order valence-corrected chi connectivity index (χ0v) is 15.2. The Labute approximate surface area is 150 Å². The maximum absolute atomic E-state index is 12.4. The van der Waals surface area contributed by atoms with Crippen molar-refractivity contribution in [2.75, 3.05) is 0 Å². The molecule has 0 aliphatic heterocycles. The molecule has 0 bridgehead atoms. The first-order chi connectivity index (χ1) is 11.1. The van der Waals surface area contributed by atoms with Crippen LogP contribution in [-0.4, -0.2) is 10.5 Å². The van der Waals surface area contributed by atoms with Crippen molar-refractivity contribution in [2.24, 2.45) is 4.99 Å². The molecule has 0 saturated heterocycles. The van der Waals surface area contributed by atoms with Crippen LogP contribution >= 0.6 is 38.9 Å². The van der Waals surface area contributed by atoms with Crippen LogP contribution in [-0.2, 0) is 6.54 Å². The third kappa shape index (κ3) is 3.47. The Morgan fingerprint density at radius 2 is 2.17 bits per heavy atom. The molecule has 1 amide bonds. The molecule has 0 aliphatic rings. The fourth-order valence-electron chi connectivity index (χ4n) is 2.21. The molecule has 3 aromatic rings. The lowest BCUT2D eigenvalue weighted by molar-refractivity contribution is 0.0998. The van der Waals surface area contributed by atoms with Gasteiger partial charge in [0.2, 0.25) is 0 Å². The summed E-state index contributed by atoms with van der Waals surface area (Å²) in [7, 11) is 0. The topological polar surface area (TPSA) is 34.4 Å². The third-order valence-corrected chi connectivity index (χ3v) is 4.99. The van der Waals surface area contributed by atoms with Gasteiger partial charge in [-0.25, -0.2) is 0 Å². The molecular formula is C17H12BrClN2OS. The van der Waals surface area contributed by atoms with Crippen LogP contribution in [0.15, 0.2) is 64.6 Å². The summed E-state index contributed by atoms with van der Waals surface area (Å²) in [5, 5.41) is 0.661. The molecule has 1 aromatic heterocycles. The number of halogens is 2. The molecule has 6 heteroatoms. The van der Waals surface area contributed by atoms with Crippen LogP contribution < -0.4 is 4.80 Å². The van der Waals surface area contributed by atoms with Gasteiger partial charge in [-0.1, -0.05) is 51.0 Å². The zero-order valence-electron chi connectivity index (χ0n) is 12.0. The predicted octanol–water partition coefficient (Wildman–Crippen LogP) is 5.05. The Kier molecular flexibility index (Phi) is 4.80. The van der Waals surface area contributed by atoms with E-state index in [1.54, 1.807) is 18.2 Å². The SMILES string of the molecule is C=CCn1c(=NC(=O)c2cccc(Br)c2)sc2cc(Cl)ccc21. The van der Waals surface area contributed by atoms with Crippen molar-refractivity contribution in [3.05, 3.63) is 75.0 Å². The average Bonchev–Trinajstić information content (AvgIpc) is 2.84. The van der Waals surface area contributed by atoms with Crippen LogP contribution in [0.1, 0.15) is 10.4 Å². The van der Waals surface area contributed by atoms with Crippen molar-refractivity contribution in [3.8, 4) is 0 Å². The maximum Gasteiger partial charge on any atom is 0.279 e. The summed E-state index contributed by atoms with van der Waals surface area (Å²) in [6.45, 7) is 4.35. The van der Waals surface area contributed by atoms with Gasteiger partial charge in [0.25, 0.3) is 5.91 Å². The number of hydrogen-bond acceptors (Lipinski definition) is 2. The second-order valence-electron chi connectivity index (χ2n) is 4.82. The van der Waals surface area contributed by atoms with Crippen LogP contribution in [0.3, 0.4) is 0 Å². The van der Waals surface area contributed by atoms with Crippen molar-refractivity contribution in [2.45, 2.75) is 6.54 Å². The lowest BCUT2D eigenvalue weighted by atomic mass is 10.2. The number of rotatable bonds is 3. The van der Waals surface area contributed by atoms with Gasteiger partial charge in [-0.05, 0) is 36.4 Å². The minimum absolute atomic E-state index is 0.276. The largest absolute Gasteiger partial charge is 0.312 e. The van der Waals surface area contributed by atoms with Gasteiger partial charge in [-0.2, -0.15) is 4.99 Å². The van der Waals surface area contributed by atoms with E-state index >= 15 is 0 Å². The van der Waals surface area contributed by atoms with E-state index in [9.17, 15) is 4.79 Å². The number of allylic oxidation sites excluding steroid dienone is 1. The minimum Gasteiger partial charge on any atom is -0.312 e. The van der Waals surface area contributed by atoms with Gasteiger partial charge < -0.3 is 4.57 Å². The Morgan fingerprint density at radius 1 is 1.35 bits per heavy atom. The zero-order chi connectivity index (χ0) is 16.4. The second-order valence-corrected chi connectivity index (χ2v) is 7.18. The summed E-state index contributed by atoms with van der Waals surface area (Å²) >= 11 is 10.9. The summed E-state index contributed by atoms with van der Waals surface area (Å²) in [6.07, 6.45) is 1.78. The molecule has 116 valence electrons. The maximum atomic E-state index is 12.4. The summed E-state index contributed by atoms with van der Waals surface area (Å²) in [5.74, 6) is -0.276. The first-order valence-electron chi connectivity index (χ1n) is 6.83. The number of aromatic nitrogens is 1. The quantitative estimate of drug-likeness (QED) is 0.560. The highest BCUT2D eigenvalue weighted by Crippen LogP contribution is 2.22. The van der Waals surface area contributed by atoms with Gasteiger partial charge in [-0.15, -0.1) is 6.58 Å². The summed E-state index contributed by atoms with van der Waals surface area (Å²) in [4.78, 5) is 17.3. The molecule has 3 rings (SSSR count). The molecule has 3 nitrogen and oxygen atoms in total.